The minimum absolute atomic E-state index is 0.250. The second-order valence-electron chi connectivity index (χ2n) is 4.17. The zero-order valence-corrected chi connectivity index (χ0v) is 11.5. The monoisotopic (exact) mass is 275 g/mol. The molecule has 1 heterocycles. The van der Waals surface area contributed by atoms with Crippen molar-refractivity contribution in [2.75, 3.05) is 12.3 Å². The zero-order valence-electron chi connectivity index (χ0n) is 11.5. The minimum Gasteiger partial charge on any atom is -0.491 e. The van der Waals surface area contributed by atoms with E-state index in [4.69, 9.17) is 10.5 Å². The topological polar surface area (TPSA) is 95.1 Å². The molecule has 1 aromatic heterocycles. The molecule has 1 aromatic carbocycles. The Balaban J connectivity index is 2.10. The van der Waals surface area contributed by atoms with Crippen molar-refractivity contribution in [1.82, 2.24) is 20.1 Å². The molecule has 2 rings (SSSR count). The summed E-state index contributed by atoms with van der Waals surface area (Å²) in [5, 5.41) is 6.83. The van der Waals surface area contributed by atoms with Gasteiger partial charge < -0.3 is 15.8 Å². The maximum absolute atomic E-state index is 12.2. The molecule has 3 N–H and O–H groups in total. The highest BCUT2D eigenvalue weighted by molar-refractivity contribution is 5.98. The van der Waals surface area contributed by atoms with Gasteiger partial charge in [-0.15, -0.1) is 0 Å². The maximum atomic E-state index is 12.2. The summed E-state index contributed by atoms with van der Waals surface area (Å²) in [4.78, 5) is 16.2. The molecule has 0 unspecified atom stereocenters. The van der Waals surface area contributed by atoms with Gasteiger partial charge in [0.15, 0.2) is 11.6 Å². The van der Waals surface area contributed by atoms with E-state index >= 15 is 0 Å². The van der Waals surface area contributed by atoms with Crippen LogP contribution in [0.25, 0.3) is 0 Å². The van der Waals surface area contributed by atoms with Crippen LogP contribution in [0.3, 0.4) is 0 Å². The standard InChI is InChI=1S/C13H17N5O2/c1-3-20-12-9(5-4-6-10(12)14)13(19)15-7-11-16-8-18(2)17-11/h4-6,8H,3,7,14H2,1-2H3,(H,15,19). The van der Waals surface area contributed by atoms with Gasteiger partial charge in [0.25, 0.3) is 5.91 Å². The number of aryl methyl sites for hydroxylation is 1. The first-order valence-corrected chi connectivity index (χ1v) is 6.25. The fourth-order valence-electron chi connectivity index (χ4n) is 1.76. The molecular weight excluding hydrogens is 258 g/mol. The van der Waals surface area contributed by atoms with Crippen LogP contribution in [-0.4, -0.2) is 27.3 Å². The third-order valence-corrected chi connectivity index (χ3v) is 2.63. The van der Waals surface area contributed by atoms with E-state index in [1.165, 1.54) is 0 Å². The van der Waals surface area contributed by atoms with E-state index in [1.54, 1.807) is 36.3 Å². The van der Waals surface area contributed by atoms with Gasteiger partial charge in [-0.3, -0.25) is 9.48 Å². The van der Waals surface area contributed by atoms with Gasteiger partial charge in [0.2, 0.25) is 0 Å². The van der Waals surface area contributed by atoms with Gasteiger partial charge in [0.05, 0.1) is 24.4 Å². The van der Waals surface area contributed by atoms with Gasteiger partial charge in [0.1, 0.15) is 6.33 Å². The van der Waals surface area contributed by atoms with Crippen molar-refractivity contribution in [2.24, 2.45) is 7.05 Å². The van der Waals surface area contributed by atoms with Crippen LogP contribution in [0, 0.1) is 0 Å². The van der Waals surface area contributed by atoms with Gasteiger partial charge in [-0.05, 0) is 19.1 Å². The molecule has 0 aliphatic heterocycles. The van der Waals surface area contributed by atoms with E-state index in [-0.39, 0.29) is 12.5 Å². The molecule has 20 heavy (non-hydrogen) atoms. The second kappa shape index (κ2) is 6.05. The highest BCUT2D eigenvalue weighted by atomic mass is 16.5. The summed E-state index contributed by atoms with van der Waals surface area (Å²) < 4.78 is 7.00. The number of carbonyl (C=O) groups is 1. The van der Waals surface area contributed by atoms with Crippen LogP contribution in [0.15, 0.2) is 24.5 Å². The molecule has 0 saturated carbocycles. The van der Waals surface area contributed by atoms with Crippen molar-refractivity contribution in [3.05, 3.63) is 35.9 Å². The van der Waals surface area contributed by atoms with Crippen molar-refractivity contribution in [1.29, 1.82) is 0 Å². The fourth-order valence-corrected chi connectivity index (χ4v) is 1.76. The van der Waals surface area contributed by atoms with Gasteiger partial charge in [-0.1, -0.05) is 6.07 Å². The molecule has 1 amide bonds. The van der Waals surface area contributed by atoms with Crippen molar-refractivity contribution in [3.63, 3.8) is 0 Å². The Morgan fingerprint density at radius 1 is 1.50 bits per heavy atom. The Hall–Kier alpha value is -2.57. The summed E-state index contributed by atoms with van der Waals surface area (Å²) >= 11 is 0. The lowest BCUT2D eigenvalue weighted by Gasteiger charge is -2.12. The molecule has 0 atom stereocenters. The first-order valence-electron chi connectivity index (χ1n) is 6.25. The number of nitrogens with zero attached hydrogens (tertiary/aromatic N) is 3. The third-order valence-electron chi connectivity index (χ3n) is 2.63. The summed E-state index contributed by atoms with van der Waals surface area (Å²) in [6.07, 6.45) is 1.58. The highest BCUT2D eigenvalue weighted by Gasteiger charge is 2.15. The number of aromatic nitrogens is 3. The summed E-state index contributed by atoms with van der Waals surface area (Å²) in [6.45, 7) is 2.53. The number of rotatable bonds is 5. The Labute approximate surface area is 116 Å². The second-order valence-corrected chi connectivity index (χ2v) is 4.17. The van der Waals surface area contributed by atoms with E-state index in [1.807, 2.05) is 6.92 Å². The number of carbonyl (C=O) groups excluding carboxylic acids is 1. The van der Waals surface area contributed by atoms with Gasteiger partial charge in [-0.25, -0.2) is 4.98 Å². The molecule has 0 aliphatic rings. The molecule has 106 valence electrons. The first kappa shape index (κ1) is 13.9. The molecule has 0 bridgehead atoms. The van der Waals surface area contributed by atoms with Gasteiger partial charge in [-0.2, -0.15) is 5.10 Å². The van der Waals surface area contributed by atoms with E-state index in [0.29, 0.717) is 29.4 Å². The molecule has 0 fully saturated rings. The van der Waals surface area contributed by atoms with Crippen molar-refractivity contribution >= 4 is 11.6 Å². The smallest absolute Gasteiger partial charge is 0.255 e. The van der Waals surface area contributed by atoms with E-state index in [2.05, 4.69) is 15.4 Å². The Kier molecular flexibility index (Phi) is 4.19. The summed E-state index contributed by atoms with van der Waals surface area (Å²) in [6, 6.07) is 5.08. The quantitative estimate of drug-likeness (QED) is 0.784. The van der Waals surface area contributed by atoms with Crippen molar-refractivity contribution in [2.45, 2.75) is 13.5 Å². The number of ether oxygens (including phenoxy) is 1. The molecule has 7 heteroatoms. The molecular formula is C13H17N5O2. The third kappa shape index (κ3) is 3.05. The maximum Gasteiger partial charge on any atom is 0.255 e. The highest BCUT2D eigenvalue weighted by Crippen LogP contribution is 2.26. The van der Waals surface area contributed by atoms with Crippen LogP contribution in [-0.2, 0) is 13.6 Å². The van der Waals surface area contributed by atoms with E-state index in [0.717, 1.165) is 0 Å². The number of nitrogens with one attached hydrogen (secondary N) is 1. The molecule has 0 saturated heterocycles. The van der Waals surface area contributed by atoms with Crippen LogP contribution in [0.2, 0.25) is 0 Å². The van der Waals surface area contributed by atoms with Crippen molar-refractivity contribution < 1.29 is 9.53 Å². The predicted molar refractivity (Wildman–Crippen MR) is 74.2 cm³/mol. The largest absolute Gasteiger partial charge is 0.491 e. The lowest BCUT2D eigenvalue weighted by molar-refractivity contribution is 0.0946. The average molecular weight is 275 g/mol. The van der Waals surface area contributed by atoms with Crippen LogP contribution in [0.5, 0.6) is 5.75 Å². The molecule has 0 spiro atoms. The zero-order chi connectivity index (χ0) is 14.5. The van der Waals surface area contributed by atoms with Crippen LogP contribution in [0.1, 0.15) is 23.1 Å². The Morgan fingerprint density at radius 3 is 2.95 bits per heavy atom. The normalized spacial score (nSPS) is 10.3. The lowest BCUT2D eigenvalue weighted by Crippen LogP contribution is -2.24. The number of anilines is 1. The number of benzene rings is 1. The number of nitrogens with two attached hydrogens (primary N) is 1. The Morgan fingerprint density at radius 2 is 2.30 bits per heavy atom. The molecule has 0 aliphatic carbocycles. The predicted octanol–water partition coefficient (Wildman–Crippen LogP) is 0.726. The van der Waals surface area contributed by atoms with Crippen LogP contribution in [0.4, 0.5) is 5.69 Å². The van der Waals surface area contributed by atoms with Crippen molar-refractivity contribution in [3.8, 4) is 5.75 Å². The number of hydrogen-bond acceptors (Lipinski definition) is 5. The SMILES string of the molecule is CCOc1c(N)cccc1C(=O)NCc1ncn(C)n1. The first-order chi connectivity index (χ1) is 9.61. The van der Waals surface area contributed by atoms with Crippen LogP contribution < -0.4 is 15.8 Å². The molecule has 2 aromatic rings. The summed E-state index contributed by atoms with van der Waals surface area (Å²) in [7, 11) is 1.77. The number of hydrogen-bond donors (Lipinski definition) is 2. The number of amides is 1. The molecule has 0 radical (unpaired) electrons. The van der Waals surface area contributed by atoms with Gasteiger partial charge >= 0.3 is 0 Å². The molecule has 7 nitrogen and oxygen atoms in total. The van der Waals surface area contributed by atoms with Gasteiger partial charge in [0, 0.05) is 7.05 Å². The summed E-state index contributed by atoms with van der Waals surface area (Å²) in [5.41, 5.74) is 6.67. The lowest BCUT2D eigenvalue weighted by atomic mass is 10.1. The van der Waals surface area contributed by atoms with Crippen LogP contribution >= 0.6 is 0 Å². The Bertz CT molecular complexity index is 609. The minimum atomic E-state index is -0.270. The average Bonchev–Trinajstić information content (AvgIpc) is 2.84. The fraction of sp³-hybridized carbons (Fsp3) is 0.308. The van der Waals surface area contributed by atoms with E-state index < -0.39 is 0 Å². The number of para-hydroxylation sites is 1. The van der Waals surface area contributed by atoms with E-state index in [9.17, 15) is 4.79 Å². The summed E-state index contributed by atoms with van der Waals surface area (Å²) in [5.74, 6) is 0.678. The number of nitrogen functional groups attached to an aromatic ring is 1.